The van der Waals surface area contributed by atoms with Gasteiger partial charge in [-0.05, 0) is 24.6 Å². The van der Waals surface area contributed by atoms with Gasteiger partial charge in [0.2, 0.25) is 5.91 Å². The predicted molar refractivity (Wildman–Crippen MR) is 74.1 cm³/mol. The van der Waals surface area contributed by atoms with Gasteiger partial charge in [0.15, 0.2) is 0 Å². The Balaban J connectivity index is 1.92. The second kappa shape index (κ2) is 5.89. The molecule has 0 bridgehead atoms. The van der Waals surface area contributed by atoms with E-state index in [4.69, 9.17) is 28.9 Å². The van der Waals surface area contributed by atoms with Gasteiger partial charge < -0.3 is 11.1 Å². The van der Waals surface area contributed by atoms with Gasteiger partial charge in [0, 0.05) is 24.2 Å². The maximum atomic E-state index is 11.8. The van der Waals surface area contributed by atoms with Gasteiger partial charge in [-0.3, -0.25) is 9.69 Å². The number of anilines is 1. The van der Waals surface area contributed by atoms with E-state index in [1.54, 1.807) is 18.2 Å². The van der Waals surface area contributed by atoms with Crippen LogP contribution in [0.1, 0.15) is 6.42 Å². The molecule has 6 heteroatoms. The van der Waals surface area contributed by atoms with Crippen LogP contribution in [0.15, 0.2) is 18.2 Å². The zero-order chi connectivity index (χ0) is 13.1. The molecule has 0 unspecified atom stereocenters. The number of nitrogens with two attached hydrogens (primary N) is 1. The second-order valence-corrected chi connectivity index (χ2v) is 5.30. The summed E-state index contributed by atoms with van der Waals surface area (Å²) in [5.74, 6) is -0.103. The molecule has 0 aromatic heterocycles. The van der Waals surface area contributed by atoms with Crippen LogP contribution in [-0.4, -0.2) is 36.5 Å². The summed E-state index contributed by atoms with van der Waals surface area (Å²) in [6, 6.07) is 5.15. The lowest BCUT2D eigenvalue weighted by Crippen LogP contribution is -2.33. The summed E-state index contributed by atoms with van der Waals surface area (Å²) < 4.78 is 0. The maximum absolute atomic E-state index is 11.8. The molecule has 1 amide bonds. The molecule has 1 aromatic rings. The van der Waals surface area contributed by atoms with Crippen LogP contribution in [0.5, 0.6) is 0 Å². The van der Waals surface area contributed by atoms with E-state index < -0.39 is 0 Å². The number of carbonyl (C=O) groups excluding carboxylic acids is 1. The predicted octanol–water partition coefficient (Wildman–Crippen LogP) is 1.96. The van der Waals surface area contributed by atoms with Crippen molar-refractivity contribution < 1.29 is 4.79 Å². The highest BCUT2D eigenvalue weighted by Crippen LogP contribution is 2.25. The number of hydrogen-bond donors (Lipinski definition) is 2. The Bertz CT molecular complexity index is 453. The van der Waals surface area contributed by atoms with E-state index in [1.165, 1.54) is 0 Å². The Kier molecular flexibility index (Phi) is 4.45. The first-order chi connectivity index (χ1) is 8.54. The number of rotatable bonds is 3. The quantitative estimate of drug-likeness (QED) is 0.894. The third-order valence-electron chi connectivity index (χ3n) is 2.88. The van der Waals surface area contributed by atoms with E-state index in [0.717, 1.165) is 19.5 Å². The molecule has 1 aromatic carbocycles. The largest absolute Gasteiger partial charge is 0.326 e. The summed E-state index contributed by atoms with van der Waals surface area (Å²) in [5.41, 5.74) is 6.32. The number of halogens is 2. The van der Waals surface area contributed by atoms with E-state index >= 15 is 0 Å². The first-order valence-corrected chi connectivity index (χ1v) is 6.53. The first-order valence-electron chi connectivity index (χ1n) is 5.77. The number of carbonyl (C=O) groups is 1. The van der Waals surface area contributed by atoms with Crippen molar-refractivity contribution in [3.05, 3.63) is 28.2 Å². The molecule has 1 aliphatic heterocycles. The van der Waals surface area contributed by atoms with Gasteiger partial charge in [-0.1, -0.05) is 23.2 Å². The van der Waals surface area contributed by atoms with E-state index in [1.807, 2.05) is 4.90 Å². The average Bonchev–Trinajstić information content (AvgIpc) is 2.69. The smallest absolute Gasteiger partial charge is 0.238 e. The number of benzene rings is 1. The van der Waals surface area contributed by atoms with E-state index in [0.29, 0.717) is 22.3 Å². The molecule has 98 valence electrons. The van der Waals surface area contributed by atoms with Crippen molar-refractivity contribution in [1.29, 1.82) is 0 Å². The van der Waals surface area contributed by atoms with Gasteiger partial charge in [0.1, 0.15) is 0 Å². The number of nitrogens with zero attached hydrogens (tertiary/aromatic N) is 1. The SMILES string of the molecule is N[C@@H]1CCN(CC(=O)Nc2cc(Cl)ccc2Cl)C1. The van der Waals surface area contributed by atoms with Crippen LogP contribution in [0.25, 0.3) is 0 Å². The van der Waals surface area contributed by atoms with Gasteiger partial charge in [0.05, 0.1) is 17.3 Å². The van der Waals surface area contributed by atoms with Crippen molar-refractivity contribution in [3.63, 3.8) is 0 Å². The van der Waals surface area contributed by atoms with Crippen LogP contribution in [-0.2, 0) is 4.79 Å². The fraction of sp³-hybridized carbons (Fsp3) is 0.417. The zero-order valence-corrected chi connectivity index (χ0v) is 11.3. The number of nitrogens with one attached hydrogen (secondary N) is 1. The molecule has 2 rings (SSSR count). The lowest BCUT2D eigenvalue weighted by Gasteiger charge is -2.15. The monoisotopic (exact) mass is 287 g/mol. The molecule has 0 spiro atoms. The number of likely N-dealkylation sites (tertiary alicyclic amines) is 1. The van der Waals surface area contributed by atoms with Gasteiger partial charge >= 0.3 is 0 Å². The van der Waals surface area contributed by atoms with Crippen LogP contribution < -0.4 is 11.1 Å². The highest BCUT2D eigenvalue weighted by Gasteiger charge is 2.21. The van der Waals surface area contributed by atoms with Crippen molar-refractivity contribution in [2.24, 2.45) is 5.73 Å². The molecular weight excluding hydrogens is 273 g/mol. The maximum Gasteiger partial charge on any atom is 0.238 e. The summed E-state index contributed by atoms with van der Waals surface area (Å²) in [5, 5.41) is 3.77. The second-order valence-electron chi connectivity index (χ2n) is 4.46. The summed E-state index contributed by atoms with van der Waals surface area (Å²) in [6.07, 6.45) is 0.936. The lowest BCUT2D eigenvalue weighted by atomic mass is 10.3. The van der Waals surface area contributed by atoms with Crippen molar-refractivity contribution in [1.82, 2.24) is 4.90 Å². The minimum absolute atomic E-state index is 0.103. The average molecular weight is 288 g/mol. The Morgan fingerprint density at radius 3 is 2.94 bits per heavy atom. The molecular formula is C12H15Cl2N3O. The van der Waals surface area contributed by atoms with Gasteiger partial charge in [0.25, 0.3) is 0 Å². The third kappa shape index (κ3) is 3.59. The van der Waals surface area contributed by atoms with Crippen molar-refractivity contribution >= 4 is 34.8 Å². The third-order valence-corrected chi connectivity index (χ3v) is 3.44. The molecule has 0 radical (unpaired) electrons. The molecule has 1 heterocycles. The first kappa shape index (κ1) is 13.6. The Hall–Kier alpha value is -0.810. The van der Waals surface area contributed by atoms with Crippen molar-refractivity contribution in [3.8, 4) is 0 Å². The summed E-state index contributed by atoms with van der Waals surface area (Å²) in [6.45, 7) is 1.95. The fourth-order valence-corrected chi connectivity index (χ4v) is 2.33. The standard InChI is InChI=1S/C12H15Cl2N3O/c13-8-1-2-10(14)11(5-8)16-12(18)7-17-4-3-9(15)6-17/h1-2,5,9H,3-4,6-7,15H2,(H,16,18)/t9-/m1/s1. The van der Waals surface area contributed by atoms with Crippen LogP contribution in [0.2, 0.25) is 10.0 Å². The fourth-order valence-electron chi connectivity index (χ4n) is 1.99. The minimum Gasteiger partial charge on any atom is -0.326 e. The van der Waals surface area contributed by atoms with Crippen LogP contribution in [0.3, 0.4) is 0 Å². The Morgan fingerprint density at radius 1 is 1.50 bits per heavy atom. The normalized spacial score (nSPS) is 20.1. The van der Waals surface area contributed by atoms with Gasteiger partial charge in [-0.15, -0.1) is 0 Å². The lowest BCUT2D eigenvalue weighted by molar-refractivity contribution is -0.117. The topological polar surface area (TPSA) is 58.4 Å². The summed E-state index contributed by atoms with van der Waals surface area (Å²) in [7, 11) is 0. The minimum atomic E-state index is -0.103. The molecule has 3 N–H and O–H groups in total. The number of amides is 1. The van der Waals surface area contributed by atoms with Gasteiger partial charge in [-0.2, -0.15) is 0 Å². The molecule has 1 atom stereocenters. The Morgan fingerprint density at radius 2 is 2.28 bits per heavy atom. The highest BCUT2D eigenvalue weighted by atomic mass is 35.5. The summed E-state index contributed by atoms with van der Waals surface area (Å²) in [4.78, 5) is 13.9. The molecule has 0 aliphatic carbocycles. The molecule has 4 nitrogen and oxygen atoms in total. The van der Waals surface area contributed by atoms with Crippen molar-refractivity contribution in [2.45, 2.75) is 12.5 Å². The molecule has 1 aliphatic rings. The van der Waals surface area contributed by atoms with Crippen LogP contribution in [0, 0.1) is 0 Å². The van der Waals surface area contributed by atoms with Crippen molar-refractivity contribution in [2.75, 3.05) is 25.0 Å². The molecule has 1 saturated heterocycles. The van der Waals surface area contributed by atoms with E-state index in [2.05, 4.69) is 5.32 Å². The summed E-state index contributed by atoms with van der Waals surface area (Å²) >= 11 is 11.8. The zero-order valence-electron chi connectivity index (χ0n) is 9.83. The van der Waals surface area contributed by atoms with Crippen LogP contribution >= 0.6 is 23.2 Å². The Labute approximate surface area is 116 Å². The molecule has 18 heavy (non-hydrogen) atoms. The number of hydrogen-bond acceptors (Lipinski definition) is 3. The highest BCUT2D eigenvalue weighted by molar-refractivity contribution is 6.35. The van der Waals surface area contributed by atoms with Gasteiger partial charge in [-0.25, -0.2) is 0 Å². The van der Waals surface area contributed by atoms with Crippen LogP contribution in [0.4, 0.5) is 5.69 Å². The van der Waals surface area contributed by atoms with E-state index in [9.17, 15) is 4.79 Å². The molecule has 1 fully saturated rings. The molecule has 0 saturated carbocycles. The van der Waals surface area contributed by atoms with E-state index in [-0.39, 0.29) is 11.9 Å².